The molecule has 0 aromatic carbocycles. The molecule has 0 bridgehead atoms. The van der Waals surface area contributed by atoms with Crippen LogP contribution < -0.4 is 9.47 Å². The van der Waals surface area contributed by atoms with Gasteiger partial charge in [-0.05, 0) is 0 Å². The fourth-order valence-corrected chi connectivity index (χ4v) is 1.33. The second-order valence-electron chi connectivity index (χ2n) is 3.40. The molecular weight excluding hydrogens is 254 g/mol. The first-order chi connectivity index (χ1) is 8.99. The van der Waals surface area contributed by atoms with Crippen LogP contribution in [-0.4, -0.2) is 30.3 Å². The maximum absolute atomic E-state index is 11.4. The van der Waals surface area contributed by atoms with E-state index in [1.54, 1.807) is 0 Å². The third-order valence-electron chi connectivity index (χ3n) is 2.01. The lowest BCUT2D eigenvalue weighted by molar-refractivity contribution is -0.158. The van der Waals surface area contributed by atoms with Crippen LogP contribution in [0.3, 0.4) is 0 Å². The summed E-state index contributed by atoms with van der Waals surface area (Å²) in [5.41, 5.74) is 6.53. The van der Waals surface area contributed by atoms with Crippen LogP contribution in [0.4, 0.5) is 0 Å². The Labute approximate surface area is 109 Å². The highest BCUT2D eigenvalue weighted by atomic mass is 16.7. The SMILES string of the molecule is COc1ccnc(C(=O)N=N)c1OC(C)OC(C)=O. The van der Waals surface area contributed by atoms with E-state index in [1.807, 2.05) is 0 Å². The number of hydrogen-bond acceptors (Lipinski definition) is 7. The van der Waals surface area contributed by atoms with E-state index in [0.29, 0.717) is 0 Å². The largest absolute Gasteiger partial charge is 0.493 e. The number of carbonyl (C=O) groups excluding carboxylic acids is 2. The van der Waals surface area contributed by atoms with Crippen molar-refractivity contribution in [3.8, 4) is 11.5 Å². The monoisotopic (exact) mass is 267 g/mol. The highest BCUT2D eigenvalue weighted by Gasteiger charge is 2.21. The Balaban J connectivity index is 3.11. The number of amides is 1. The van der Waals surface area contributed by atoms with Gasteiger partial charge in [0.2, 0.25) is 6.29 Å². The molecule has 0 fully saturated rings. The van der Waals surface area contributed by atoms with E-state index >= 15 is 0 Å². The van der Waals surface area contributed by atoms with Crippen LogP contribution in [0, 0.1) is 5.53 Å². The normalized spacial score (nSPS) is 11.3. The van der Waals surface area contributed by atoms with Gasteiger partial charge in [0.1, 0.15) is 0 Å². The Morgan fingerprint density at radius 1 is 1.47 bits per heavy atom. The third-order valence-corrected chi connectivity index (χ3v) is 2.01. The molecule has 0 radical (unpaired) electrons. The van der Waals surface area contributed by atoms with Gasteiger partial charge in [0.15, 0.2) is 17.2 Å². The number of nitrogens with zero attached hydrogens (tertiary/aromatic N) is 2. The number of aromatic nitrogens is 1. The molecule has 1 amide bonds. The molecule has 1 unspecified atom stereocenters. The Morgan fingerprint density at radius 3 is 2.68 bits per heavy atom. The minimum Gasteiger partial charge on any atom is -0.493 e. The Bertz CT molecular complexity index is 503. The van der Waals surface area contributed by atoms with Crippen molar-refractivity contribution in [2.24, 2.45) is 5.11 Å². The summed E-state index contributed by atoms with van der Waals surface area (Å²) in [5, 5.41) is 2.77. The fourth-order valence-electron chi connectivity index (χ4n) is 1.33. The highest BCUT2D eigenvalue weighted by Crippen LogP contribution is 2.31. The second kappa shape index (κ2) is 6.43. The zero-order valence-electron chi connectivity index (χ0n) is 10.7. The van der Waals surface area contributed by atoms with Gasteiger partial charge in [-0.15, -0.1) is 5.11 Å². The Kier molecular flexibility index (Phi) is 4.92. The number of carbonyl (C=O) groups is 2. The molecule has 0 aliphatic heterocycles. The first-order valence-corrected chi connectivity index (χ1v) is 5.28. The number of nitrogens with one attached hydrogen (secondary N) is 1. The number of hydrogen-bond donors (Lipinski definition) is 1. The van der Waals surface area contributed by atoms with Gasteiger partial charge in [0.25, 0.3) is 0 Å². The number of rotatable bonds is 5. The fraction of sp³-hybridized carbons (Fsp3) is 0.364. The predicted molar refractivity (Wildman–Crippen MR) is 62.1 cm³/mol. The molecule has 1 aromatic rings. The molecule has 8 nitrogen and oxygen atoms in total. The van der Waals surface area contributed by atoms with Gasteiger partial charge < -0.3 is 14.2 Å². The van der Waals surface area contributed by atoms with Crippen LogP contribution in [0.5, 0.6) is 11.5 Å². The smallest absolute Gasteiger partial charge is 0.317 e. The van der Waals surface area contributed by atoms with E-state index in [1.165, 1.54) is 33.2 Å². The van der Waals surface area contributed by atoms with Crippen molar-refractivity contribution < 1.29 is 23.8 Å². The Hall–Kier alpha value is -2.51. The Morgan fingerprint density at radius 2 is 2.16 bits per heavy atom. The van der Waals surface area contributed by atoms with Gasteiger partial charge in [0.05, 0.1) is 7.11 Å². The first kappa shape index (κ1) is 14.6. The summed E-state index contributed by atoms with van der Waals surface area (Å²) in [6.45, 7) is 2.70. The van der Waals surface area contributed by atoms with Crippen LogP contribution in [0.2, 0.25) is 0 Å². The highest BCUT2D eigenvalue weighted by molar-refractivity contribution is 5.95. The lowest BCUT2D eigenvalue weighted by Crippen LogP contribution is -2.21. The average molecular weight is 267 g/mol. The maximum Gasteiger partial charge on any atom is 0.317 e. The van der Waals surface area contributed by atoms with Gasteiger partial charge in [-0.1, -0.05) is 0 Å². The molecule has 0 saturated carbocycles. The number of ether oxygens (including phenoxy) is 3. The van der Waals surface area contributed by atoms with E-state index in [4.69, 9.17) is 19.7 Å². The predicted octanol–water partition coefficient (Wildman–Crippen LogP) is 1.55. The van der Waals surface area contributed by atoms with E-state index in [9.17, 15) is 9.59 Å². The zero-order chi connectivity index (χ0) is 14.4. The van der Waals surface area contributed by atoms with Crippen molar-refractivity contribution in [2.75, 3.05) is 7.11 Å². The molecule has 102 valence electrons. The lowest BCUT2D eigenvalue weighted by Gasteiger charge is -2.17. The summed E-state index contributed by atoms with van der Waals surface area (Å²) in [7, 11) is 1.38. The molecule has 0 aliphatic carbocycles. The van der Waals surface area contributed by atoms with Crippen molar-refractivity contribution in [3.63, 3.8) is 0 Å². The van der Waals surface area contributed by atoms with Gasteiger partial charge in [-0.25, -0.2) is 10.5 Å². The molecule has 19 heavy (non-hydrogen) atoms. The van der Waals surface area contributed by atoms with E-state index < -0.39 is 18.2 Å². The zero-order valence-corrected chi connectivity index (χ0v) is 10.7. The van der Waals surface area contributed by atoms with Crippen LogP contribution in [-0.2, 0) is 9.53 Å². The van der Waals surface area contributed by atoms with Crippen molar-refractivity contribution in [1.82, 2.24) is 4.98 Å². The topological polar surface area (TPSA) is 111 Å². The van der Waals surface area contributed by atoms with E-state index in [-0.39, 0.29) is 17.2 Å². The maximum atomic E-state index is 11.4. The molecule has 0 aliphatic rings. The molecule has 0 spiro atoms. The molecule has 8 heteroatoms. The molecule has 1 aromatic heterocycles. The summed E-state index contributed by atoms with van der Waals surface area (Å²) in [4.78, 5) is 26.0. The molecule has 0 saturated heterocycles. The van der Waals surface area contributed by atoms with Gasteiger partial charge in [-0.2, -0.15) is 0 Å². The lowest BCUT2D eigenvalue weighted by atomic mass is 10.3. The minimum atomic E-state index is -0.937. The summed E-state index contributed by atoms with van der Waals surface area (Å²) in [6, 6.07) is 1.47. The summed E-state index contributed by atoms with van der Waals surface area (Å²) in [5.74, 6) is -1.22. The van der Waals surface area contributed by atoms with Crippen molar-refractivity contribution in [2.45, 2.75) is 20.1 Å². The van der Waals surface area contributed by atoms with Crippen molar-refractivity contribution in [1.29, 1.82) is 5.53 Å². The number of esters is 1. The van der Waals surface area contributed by atoms with Crippen LogP contribution in [0.1, 0.15) is 24.3 Å². The molecule has 1 atom stereocenters. The molecular formula is C11H13N3O5. The first-order valence-electron chi connectivity index (χ1n) is 5.28. The van der Waals surface area contributed by atoms with Gasteiger partial charge in [0, 0.05) is 26.1 Å². The minimum absolute atomic E-state index is 0.0280. The number of pyridine rings is 1. The third kappa shape index (κ3) is 3.73. The summed E-state index contributed by atoms with van der Waals surface area (Å²) < 4.78 is 15.1. The van der Waals surface area contributed by atoms with Gasteiger partial charge >= 0.3 is 11.9 Å². The molecule has 1 rings (SSSR count). The average Bonchev–Trinajstić information content (AvgIpc) is 2.37. The van der Waals surface area contributed by atoms with E-state index in [0.717, 1.165) is 0 Å². The number of methoxy groups -OCH3 is 1. The second-order valence-corrected chi connectivity index (χ2v) is 3.40. The van der Waals surface area contributed by atoms with Crippen molar-refractivity contribution in [3.05, 3.63) is 18.0 Å². The van der Waals surface area contributed by atoms with Crippen LogP contribution in [0.25, 0.3) is 0 Å². The van der Waals surface area contributed by atoms with E-state index in [2.05, 4.69) is 10.1 Å². The summed E-state index contributed by atoms with van der Waals surface area (Å²) >= 11 is 0. The van der Waals surface area contributed by atoms with Crippen molar-refractivity contribution >= 4 is 11.9 Å². The quantitative estimate of drug-likeness (QED) is 0.492. The van der Waals surface area contributed by atoms with Gasteiger partial charge in [-0.3, -0.25) is 9.59 Å². The van der Waals surface area contributed by atoms with Crippen LogP contribution >= 0.6 is 0 Å². The summed E-state index contributed by atoms with van der Waals surface area (Å²) in [6.07, 6.45) is 0.383. The molecule has 1 N–H and O–H groups in total. The molecule has 1 heterocycles. The van der Waals surface area contributed by atoms with Crippen LogP contribution in [0.15, 0.2) is 17.4 Å². The standard InChI is InChI=1S/C11H13N3O5/c1-6(15)18-7(2)19-10-8(17-3)4-5-13-9(10)11(16)14-12/h4-5,7,12H,1-3H3.